The molecule has 0 aliphatic heterocycles. The molecule has 0 radical (unpaired) electrons. The lowest BCUT2D eigenvalue weighted by Crippen LogP contribution is -1.99. The minimum absolute atomic E-state index is 0.0644. The lowest BCUT2D eigenvalue weighted by atomic mass is 10.0. The molecule has 1 rings (SSSR count). The fourth-order valence-corrected chi connectivity index (χ4v) is 0.924. The zero-order valence-corrected chi connectivity index (χ0v) is 6.72. The van der Waals surface area contributed by atoms with Crippen molar-refractivity contribution in [2.45, 2.75) is 12.8 Å². The van der Waals surface area contributed by atoms with Crippen LogP contribution in [0.3, 0.4) is 0 Å². The Labute approximate surface area is 69.7 Å². The van der Waals surface area contributed by atoms with Crippen LogP contribution >= 0.6 is 0 Å². The molecule has 0 aromatic heterocycles. The average molecular weight is 172 g/mol. The summed E-state index contributed by atoms with van der Waals surface area (Å²) in [6, 6.07) is 3.65. The van der Waals surface area contributed by atoms with Gasteiger partial charge in [-0.2, -0.15) is 0 Å². The Kier molecular flexibility index (Phi) is 2.76. The Morgan fingerprint density at radius 3 is 2.50 bits per heavy atom. The number of rotatable bonds is 2. The van der Waals surface area contributed by atoms with Crippen LogP contribution in [0.1, 0.15) is 18.4 Å². The van der Waals surface area contributed by atoms with Crippen LogP contribution in [0.5, 0.6) is 0 Å². The second-order valence-electron chi connectivity index (χ2n) is 2.76. The molecule has 66 valence electrons. The molecule has 1 aromatic carbocycles. The van der Waals surface area contributed by atoms with Gasteiger partial charge in [-0.1, -0.05) is 13.0 Å². The van der Waals surface area contributed by atoms with Crippen molar-refractivity contribution in [1.29, 1.82) is 0 Å². The molecule has 0 bridgehead atoms. The van der Waals surface area contributed by atoms with Gasteiger partial charge in [0.1, 0.15) is 0 Å². The number of aliphatic hydroxyl groups is 1. The van der Waals surface area contributed by atoms with Crippen LogP contribution in [0.2, 0.25) is 0 Å². The molecule has 0 unspecified atom stereocenters. The predicted octanol–water partition coefficient (Wildman–Crippen LogP) is 2.06. The summed E-state index contributed by atoms with van der Waals surface area (Å²) in [6.45, 7) is 1.68. The first-order chi connectivity index (χ1) is 5.65. The molecular formula is C9H10F2O. The summed E-state index contributed by atoms with van der Waals surface area (Å²) in [4.78, 5) is 0. The average Bonchev–Trinajstić information content (AvgIpc) is 2.08. The van der Waals surface area contributed by atoms with Crippen LogP contribution in [-0.2, 0) is 0 Å². The minimum atomic E-state index is -0.868. The van der Waals surface area contributed by atoms with E-state index in [-0.39, 0.29) is 12.5 Å². The highest BCUT2D eigenvalue weighted by atomic mass is 19.2. The third-order valence-electron chi connectivity index (χ3n) is 1.79. The molecule has 0 saturated heterocycles. The minimum Gasteiger partial charge on any atom is -0.396 e. The number of aliphatic hydroxyl groups excluding tert-OH is 1. The van der Waals surface area contributed by atoms with Crippen LogP contribution in [-0.4, -0.2) is 11.7 Å². The van der Waals surface area contributed by atoms with Gasteiger partial charge in [-0.15, -0.1) is 0 Å². The third-order valence-corrected chi connectivity index (χ3v) is 1.79. The van der Waals surface area contributed by atoms with Crippen molar-refractivity contribution in [2.24, 2.45) is 0 Å². The number of hydrogen-bond donors (Lipinski definition) is 1. The van der Waals surface area contributed by atoms with Gasteiger partial charge < -0.3 is 5.11 Å². The van der Waals surface area contributed by atoms with Crippen molar-refractivity contribution in [2.75, 3.05) is 6.61 Å². The summed E-state index contributed by atoms with van der Waals surface area (Å²) in [5.41, 5.74) is 0.608. The maximum absolute atomic E-state index is 12.6. The van der Waals surface area contributed by atoms with Crippen molar-refractivity contribution in [3.63, 3.8) is 0 Å². The summed E-state index contributed by atoms with van der Waals surface area (Å²) in [7, 11) is 0. The zero-order chi connectivity index (χ0) is 9.14. The lowest BCUT2D eigenvalue weighted by molar-refractivity contribution is 0.272. The van der Waals surface area contributed by atoms with Crippen LogP contribution in [0, 0.1) is 11.6 Å². The monoisotopic (exact) mass is 172 g/mol. The van der Waals surface area contributed by atoms with Gasteiger partial charge in [0.25, 0.3) is 0 Å². The molecule has 0 aliphatic carbocycles. The van der Waals surface area contributed by atoms with E-state index in [1.807, 2.05) is 0 Å². The Morgan fingerprint density at radius 2 is 2.00 bits per heavy atom. The van der Waals surface area contributed by atoms with Crippen molar-refractivity contribution < 1.29 is 13.9 Å². The van der Waals surface area contributed by atoms with Crippen LogP contribution in [0.15, 0.2) is 18.2 Å². The van der Waals surface area contributed by atoms with E-state index in [1.165, 1.54) is 6.07 Å². The molecule has 1 N–H and O–H groups in total. The molecule has 0 aliphatic rings. The van der Waals surface area contributed by atoms with E-state index < -0.39 is 11.6 Å². The van der Waals surface area contributed by atoms with Crippen molar-refractivity contribution in [1.82, 2.24) is 0 Å². The molecular weight excluding hydrogens is 162 g/mol. The number of hydrogen-bond acceptors (Lipinski definition) is 1. The second kappa shape index (κ2) is 3.63. The molecule has 0 spiro atoms. The maximum atomic E-state index is 12.6. The Hall–Kier alpha value is -0.960. The second-order valence-corrected chi connectivity index (χ2v) is 2.76. The van der Waals surface area contributed by atoms with Gasteiger partial charge in [0.15, 0.2) is 11.6 Å². The van der Waals surface area contributed by atoms with E-state index >= 15 is 0 Å². The summed E-state index contributed by atoms with van der Waals surface area (Å²) in [5.74, 6) is -1.88. The highest BCUT2D eigenvalue weighted by Crippen LogP contribution is 2.16. The standard InChI is InChI=1S/C9H10F2O/c1-6(5-12)7-2-3-8(10)9(11)4-7/h2-4,6,12H,5H2,1H3/t6-/m0/s1. The first kappa shape index (κ1) is 9.13. The SMILES string of the molecule is C[C@@H](CO)c1ccc(F)c(F)c1. The first-order valence-electron chi connectivity index (χ1n) is 3.71. The molecule has 3 heteroatoms. The third kappa shape index (κ3) is 1.80. The first-order valence-corrected chi connectivity index (χ1v) is 3.71. The maximum Gasteiger partial charge on any atom is 0.159 e. The largest absolute Gasteiger partial charge is 0.396 e. The molecule has 1 atom stereocenters. The highest BCUT2D eigenvalue weighted by molar-refractivity contribution is 5.21. The molecule has 0 amide bonds. The van der Waals surface area contributed by atoms with Gasteiger partial charge in [0.2, 0.25) is 0 Å². The highest BCUT2D eigenvalue weighted by Gasteiger charge is 2.07. The van der Waals surface area contributed by atoms with Crippen molar-refractivity contribution >= 4 is 0 Å². The molecule has 0 heterocycles. The Bertz CT molecular complexity index is 273. The van der Waals surface area contributed by atoms with E-state index in [9.17, 15) is 8.78 Å². The van der Waals surface area contributed by atoms with Crippen LogP contribution in [0.25, 0.3) is 0 Å². The molecule has 1 nitrogen and oxygen atoms in total. The molecule has 0 saturated carbocycles. The fourth-order valence-electron chi connectivity index (χ4n) is 0.924. The number of benzene rings is 1. The van der Waals surface area contributed by atoms with Gasteiger partial charge in [-0.3, -0.25) is 0 Å². The van der Waals surface area contributed by atoms with E-state index in [4.69, 9.17) is 5.11 Å². The van der Waals surface area contributed by atoms with Gasteiger partial charge in [0, 0.05) is 12.5 Å². The molecule has 1 aromatic rings. The summed E-state index contributed by atoms with van der Waals surface area (Å²) in [6.07, 6.45) is 0. The lowest BCUT2D eigenvalue weighted by Gasteiger charge is -2.07. The normalized spacial score (nSPS) is 13.0. The zero-order valence-electron chi connectivity index (χ0n) is 6.72. The van der Waals surface area contributed by atoms with E-state index in [2.05, 4.69) is 0 Å². The summed E-state index contributed by atoms with van der Waals surface area (Å²) in [5, 5.41) is 8.73. The van der Waals surface area contributed by atoms with Gasteiger partial charge in [-0.25, -0.2) is 8.78 Å². The van der Waals surface area contributed by atoms with Crippen LogP contribution < -0.4 is 0 Å². The Balaban J connectivity index is 2.96. The summed E-state index contributed by atoms with van der Waals surface area (Å²) < 4.78 is 25.0. The quantitative estimate of drug-likeness (QED) is 0.723. The smallest absolute Gasteiger partial charge is 0.159 e. The van der Waals surface area contributed by atoms with Crippen LogP contribution in [0.4, 0.5) is 8.78 Å². The van der Waals surface area contributed by atoms with Gasteiger partial charge in [0.05, 0.1) is 0 Å². The molecule has 0 fully saturated rings. The van der Waals surface area contributed by atoms with Crippen molar-refractivity contribution in [3.8, 4) is 0 Å². The molecule has 12 heavy (non-hydrogen) atoms. The van der Waals surface area contributed by atoms with Gasteiger partial charge >= 0.3 is 0 Å². The van der Waals surface area contributed by atoms with Gasteiger partial charge in [-0.05, 0) is 17.7 Å². The van der Waals surface area contributed by atoms with E-state index in [1.54, 1.807) is 6.92 Å². The Morgan fingerprint density at radius 1 is 1.33 bits per heavy atom. The summed E-state index contributed by atoms with van der Waals surface area (Å²) >= 11 is 0. The van der Waals surface area contributed by atoms with E-state index in [0.717, 1.165) is 12.1 Å². The van der Waals surface area contributed by atoms with E-state index in [0.29, 0.717) is 5.56 Å². The number of halogens is 2. The topological polar surface area (TPSA) is 20.2 Å². The fraction of sp³-hybridized carbons (Fsp3) is 0.333. The van der Waals surface area contributed by atoms with Crippen molar-refractivity contribution in [3.05, 3.63) is 35.4 Å². The predicted molar refractivity (Wildman–Crippen MR) is 41.9 cm³/mol.